The summed E-state index contributed by atoms with van der Waals surface area (Å²) in [5.74, 6) is 0. The van der Waals surface area contributed by atoms with Gasteiger partial charge in [-0.25, -0.2) is 0 Å². The Morgan fingerprint density at radius 2 is 1.31 bits per heavy atom. The van der Waals surface area contributed by atoms with Crippen LogP contribution in [0.3, 0.4) is 0 Å². The Balaban J connectivity index is 0. The first-order valence-electron chi connectivity index (χ1n) is 2.72. The Bertz CT molecular complexity index is 203. The summed E-state index contributed by atoms with van der Waals surface area (Å²) in [4.78, 5) is 0. The third-order valence-electron chi connectivity index (χ3n) is 0.520. The average Bonchev–Trinajstić information content (AvgIpc) is 1.95. The predicted octanol–water partition coefficient (Wildman–Crippen LogP) is -1.65. The molecule has 0 amide bonds. The normalized spacial score (nSPS) is 9.69. The van der Waals surface area contributed by atoms with Crippen molar-refractivity contribution in [2.45, 2.75) is 0 Å². The zero-order chi connectivity index (χ0) is 9.40. The maximum absolute atomic E-state index is 5.05. The van der Waals surface area contributed by atoms with E-state index in [9.17, 15) is 0 Å². The fourth-order valence-corrected chi connectivity index (χ4v) is 0.348. The van der Waals surface area contributed by atoms with Crippen molar-refractivity contribution in [1.82, 2.24) is 0 Å². The van der Waals surface area contributed by atoms with Gasteiger partial charge in [0.2, 0.25) is 0 Å². The van der Waals surface area contributed by atoms with E-state index in [2.05, 4.69) is 45.5 Å². The van der Waals surface area contributed by atoms with Crippen molar-refractivity contribution in [2.24, 2.45) is 21.7 Å². The van der Waals surface area contributed by atoms with Gasteiger partial charge in [-0.05, 0) is 0 Å². The number of hydrogen-bond donors (Lipinski definition) is 2. The molecule has 6 nitrogen and oxygen atoms in total. The summed E-state index contributed by atoms with van der Waals surface area (Å²) in [6.07, 6.45) is 2.56. The Morgan fingerprint density at radius 1 is 1.00 bits per heavy atom. The molecule has 0 aromatic heterocycles. The molecule has 0 bridgehead atoms. The van der Waals surface area contributed by atoms with E-state index in [4.69, 9.17) is 11.5 Å². The Morgan fingerprint density at radius 3 is 1.54 bits per heavy atom. The van der Waals surface area contributed by atoms with E-state index in [0.717, 1.165) is 0 Å². The van der Waals surface area contributed by atoms with Crippen LogP contribution >= 0.6 is 0 Å². The van der Waals surface area contributed by atoms with Gasteiger partial charge >= 0.3 is 0 Å². The van der Waals surface area contributed by atoms with Gasteiger partial charge in [-0.15, -0.1) is 0 Å². The summed E-state index contributed by atoms with van der Waals surface area (Å²) < 4.78 is 0. The van der Waals surface area contributed by atoms with Crippen LogP contribution in [0, 0.1) is 0 Å². The molecule has 0 aromatic rings. The van der Waals surface area contributed by atoms with E-state index in [0.29, 0.717) is 0 Å². The topological polar surface area (TPSA) is 105 Å². The minimum absolute atomic E-state index is 0. The molecule has 0 atom stereocenters. The van der Waals surface area contributed by atoms with E-state index >= 15 is 0 Å². The molecule has 0 spiro atoms. The molecule has 13 heavy (non-hydrogen) atoms. The monoisotopic (exact) mass is 267 g/mol. The number of nitrogens with zero attached hydrogens (tertiary/aromatic N) is 4. The molecular weight excluding hydrogens is 260 g/mol. The Hall–Kier alpha value is -0.441. The van der Waals surface area contributed by atoms with Crippen molar-refractivity contribution in [2.75, 3.05) is 0 Å². The molecule has 0 aromatic carbocycles. The number of rotatable bonds is 3. The van der Waals surface area contributed by atoms with Gasteiger partial charge in [0.15, 0.2) is 34.7 Å². The van der Waals surface area contributed by atoms with E-state index in [1.54, 1.807) is 0 Å². The van der Waals surface area contributed by atoms with Gasteiger partial charge in [0.25, 0.3) is 0 Å². The fraction of sp³-hybridized carbons (Fsp3) is 0. The van der Waals surface area contributed by atoms with Crippen LogP contribution < -0.4 is 11.5 Å². The first-order valence-corrected chi connectivity index (χ1v) is 3.62. The first-order chi connectivity index (χ1) is 5.63. The molecule has 77 valence electrons. The van der Waals surface area contributed by atoms with Crippen molar-refractivity contribution in [3.8, 4) is 0 Å². The van der Waals surface area contributed by atoms with Crippen LogP contribution in [0.25, 0.3) is 10.9 Å². The van der Waals surface area contributed by atoms with E-state index in [1.807, 2.05) is 0 Å². The van der Waals surface area contributed by atoms with Crippen molar-refractivity contribution >= 4 is 47.1 Å². The second kappa shape index (κ2) is 9.65. The molecular formula is C4H8CuN6S2. The van der Waals surface area contributed by atoms with E-state index in [-0.39, 0.29) is 27.3 Å². The molecule has 0 saturated heterocycles. The number of nitrogens with two attached hydrogens (primary N) is 2. The summed E-state index contributed by atoms with van der Waals surface area (Å²) in [7, 11) is 0. The van der Waals surface area contributed by atoms with Crippen LogP contribution in [0.15, 0.2) is 10.2 Å². The second-order valence-corrected chi connectivity index (χ2v) is 2.36. The van der Waals surface area contributed by atoms with Gasteiger partial charge in [-0.1, -0.05) is 0 Å². The maximum atomic E-state index is 5.05. The summed E-state index contributed by atoms with van der Waals surface area (Å²) >= 11 is 7.33. The smallest absolute Gasteiger partial charge is 0.183 e. The summed E-state index contributed by atoms with van der Waals surface area (Å²) in [6, 6.07) is 0. The third-order valence-corrected chi connectivity index (χ3v) is 0.699. The SMILES string of the molecule is NC(=[SH+])[N-]N=CC=N[N-]C(N)=[SH+].[Cu]. The third kappa shape index (κ3) is 14.4. The van der Waals surface area contributed by atoms with Crippen molar-refractivity contribution in [3.63, 3.8) is 0 Å². The molecule has 0 saturated carbocycles. The summed E-state index contributed by atoms with van der Waals surface area (Å²) in [5.41, 5.74) is 16.9. The van der Waals surface area contributed by atoms with Crippen LogP contribution in [0.4, 0.5) is 0 Å². The van der Waals surface area contributed by atoms with Gasteiger partial charge in [-0.3, -0.25) is 11.5 Å². The maximum Gasteiger partial charge on any atom is 0.183 e. The van der Waals surface area contributed by atoms with Crippen LogP contribution in [-0.4, -0.2) is 22.7 Å². The predicted molar refractivity (Wildman–Crippen MR) is 59.6 cm³/mol. The minimum atomic E-state index is 0. The Kier molecular flexibility index (Phi) is 11.2. The van der Waals surface area contributed by atoms with Crippen LogP contribution in [-0.2, 0) is 41.5 Å². The molecule has 0 rings (SSSR count). The zero-order valence-corrected chi connectivity index (χ0v) is 9.02. The van der Waals surface area contributed by atoms with Gasteiger partial charge in [0.1, 0.15) is 0 Å². The van der Waals surface area contributed by atoms with Gasteiger partial charge in [0.05, 0.1) is 0 Å². The van der Waals surface area contributed by atoms with Gasteiger partial charge < -0.3 is 21.1 Å². The average molecular weight is 268 g/mol. The Labute approximate surface area is 96.7 Å². The van der Waals surface area contributed by atoms with Gasteiger partial charge in [-0.2, -0.15) is 0 Å². The van der Waals surface area contributed by atoms with Crippen molar-refractivity contribution < 1.29 is 17.1 Å². The molecule has 1 radical (unpaired) electrons. The molecule has 0 heterocycles. The second-order valence-electron chi connectivity index (χ2n) is 1.45. The van der Waals surface area contributed by atoms with Crippen molar-refractivity contribution in [1.29, 1.82) is 0 Å². The number of thiol groups is 2. The molecule has 9 heteroatoms. The van der Waals surface area contributed by atoms with Gasteiger partial charge in [0, 0.05) is 29.5 Å². The molecule has 0 unspecified atom stereocenters. The van der Waals surface area contributed by atoms with Crippen LogP contribution in [0.2, 0.25) is 0 Å². The summed E-state index contributed by atoms with van der Waals surface area (Å²) in [5, 5.41) is 7.02. The quantitative estimate of drug-likeness (QED) is 0.160. The first kappa shape index (κ1) is 15.1. The van der Waals surface area contributed by atoms with E-state index in [1.165, 1.54) is 12.4 Å². The van der Waals surface area contributed by atoms with Crippen molar-refractivity contribution in [3.05, 3.63) is 10.9 Å². The number of hydrogen-bond acceptors (Lipinski definition) is 2. The van der Waals surface area contributed by atoms with Crippen LogP contribution in [0.1, 0.15) is 0 Å². The minimum Gasteiger partial charge on any atom is -0.515 e. The van der Waals surface area contributed by atoms with E-state index < -0.39 is 0 Å². The zero-order valence-electron chi connectivity index (χ0n) is 6.29. The fourth-order valence-electron chi connectivity index (χ4n) is 0.245. The largest absolute Gasteiger partial charge is 0.515 e. The standard InChI is InChI=1S/C4H8N6S2.Cu/c5-3(11)9-7-1-2-8-10-4(6)12;/h1-2H,(H6,5,6,7,8,9,10,11,12);. The molecule has 4 N–H and O–H groups in total. The van der Waals surface area contributed by atoms with Crippen LogP contribution in [0.5, 0.6) is 0 Å². The molecule has 0 fully saturated rings. The molecule has 0 aliphatic heterocycles. The molecule has 0 aliphatic carbocycles. The molecule has 0 aliphatic rings. The summed E-state index contributed by atoms with van der Waals surface area (Å²) in [6.45, 7) is 0.